The second-order valence-electron chi connectivity index (χ2n) is 5.89. The Balaban J connectivity index is 1.99. The third-order valence-corrected chi connectivity index (χ3v) is 4.27. The van der Waals surface area contributed by atoms with Gasteiger partial charge in [0.25, 0.3) is 0 Å². The predicted octanol–water partition coefficient (Wildman–Crippen LogP) is 3.77. The minimum atomic E-state index is 0.0257. The van der Waals surface area contributed by atoms with E-state index in [0.717, 1.165) is 44.8 Å². The number of benzene rings is 1. The van der Waals surface area contributed by atoms with Gasteiger partial charge in [0.1, 0.15) is 5.76 Å². The number of pyridine rings is 1. The van der Waals surface area contributed by atoms with Crippen molar-refractivity contribution >= 4 is 5.52 Å². The number of aliphatic hydroxyl groups is 1. The average molecular weight is 319 g/mol. The van der Waals surface area contributed by atoms with Gasteiger partial charge in [0, 0.05) is 17.3 Å². The van der Waals surface area contributed by atoms with Gasteiger partial charge >= 0.3 is 0 Å². The zero-order chi connectivity index (χ0) is 16.7. The van der Waals surface area contributed by atoms with Crippen molar-refractivity contribution in [2.75, 3.05) is 0 Å². The molecule has 4 rings (SSSR count). The molecule has 0 bridgehead atoms. The first-order valence-corrected chi connectivity index (χ1v) is 7.76. The summed E-state index contributed by atoms with van der Waals surface area (Å²) in [5.41, 5.74) is 6.88. The second kappa shape index (κ2) is 5.62. The van der Waals surface area contributed by atoms with E-state index in [1.54, 1.807) is 6.33 Å². The number of hydrogen-bond donors (Lipinski definition) is 1. The molecule has 0 aliphatic heterocycles. The molecule has 0 atom stereocenters. The van der Waals surface area contributed by atoms with Crippen molar-refractivity contribution in [3.63, 3.8) is 0 Å². The molecule has 0 aliphatic rings. The van der Waals surface area contributed by atoms with Gasteiger partial charge in [0.2, 0.25) is 0 Å². The van der Waals surface area contributed by atoms with E-state index in [2.05, 4.69) is 16.2 Å². The van der Waals surface area contributed by atoms with Crippen LogP contribution in [0.2, 0.25) is 0 Å². The SMILES string of the molecule is Cc1noc(C)c1-c1cc(-c2cccc(CO)c2)cn2cncc12. The standard InChI is InChI=1S/C19H17N3O2/c1-12-19(13(2)24-21-12)17-7-16(9-22-11-20-8-18(17)22)15-5-3-4-14(6-15)10-23/h3-9,11,23H,10H2,1-2H3. The Labute approximate surface area is 139 Å². The zero-order valence-corrected chi connectivity index (χ0v) is 13.5. The molecular formula is C19H17N3O2. The summed E-state index contributed by atoms with van der Waals surface area (Å²) in [7, 11) is 0. The van der Waals surface area contributed by atoms with E-state index in [9.17, 15) is 5.11 Å². The Morgan fingerprint density at radius 3 is 2.79 bits per heavy atom. The number of aliphatic hydroxyl groups excluding tert-OH is 1. The molecule has 0 amide bonds. The fourth-order valence-corrected chi connectivity index (χ4v) is 3.11. The molecule has 5 heteroatoms. The van der Waals surface area contributed by atoms with Crippen LogP contribution in [0.4, 0.5) is 0 Å². The van der Waals surface area contributed by atoms with Gasteiger partial charge in [0.15, 0.2) is 0 Å². The Hall–Kier alpha value is -2.92. The van der Waals surface area contributed by atoms with Crippen molar-refractivity contribution in [1.29, 1.82) is 0 Å². The first-order chi connectivity index (χ1) is 11.7. The molecular weight excluding hydrogens is 302 g/mol. The minimum absolute atomic E-state index is 0.0257. The van der Waals surface area contributed by atoms with E-state index < -0.39 is 0 Å². The molecule has 1 aromatic carbocycles. The highest BCUT2D eigenvalue weighted by Crippen LogP contribution is 2.34. The monoisotopic (exact) mass is 319 g/mol. The lowest BCUT2D eigenvalue weighted by Gasteiger charge is -2.10. The van der Waals surface area contributed by atoms with Gasteiger partial charge in [-0.2, -0.15) is 0 Å². The summed E-state index contributed by atoms with van der Waals surface area (Å²) in [5, 5.41) is 13.5. The van der Waals surface area contributed by atoms with Gasteiger partial charge in [-0.05, 0) is 42.7 Å². The van der Waals surface area contributed by atoms with Crippen molar-refractivity contribution in [2.24, 2.45) is 0 Å². The van der Waals surface area contributed by atoms with Gasteiger partial charge in [-0.3, -0.25) is 0 Å². The highest BCUT2D eigenvalue weighted by Gasteiger charge is 2.16. The normalized spacial score (nSPS) is 11.3. The van der Waals surface area contributed by atoms with E-state index in [1.165, 1.54) is 0 Å². The maximum atomic E-state index is 9.39. The lowest BCUT2D eigenvalue weighted by Crippen LogP contribution is -1.92. The van der Waals surface area contributed by atoms with Crippen molar-refractivity contribution in [2.45, 2.75) is 20.5 Å². The largest absolute Gasteiger partial charge is 0.392 e. The highest BCUT2D eigenvalue weighted by atomic mass is 16.5. The van der Waals surface area contributed by atoms with E-state index >= 15 is 0 Å². The molecule has 0 saturated heterocycles. The number of aromatic nitrogens is 3. The molecule has 1 N–H and O–H groups in total. The lowest BCUT2D eigenvalue weighted by molar-refractivity contribution is 0.282. The Morgan fingerprint density at radius 1 is 1.17 bits per heavy atom. The molecule has 3 aromatic heterocycles. The Kier molecular flexibility index (Phi) is 3.43. The summed E-state index contributed by atoms with van der Waals surface area (Å²) in [6, 6.07) is 10.0. The number of nitrogens with zero attached hydrogens (tertiary/aromatic N) is 3. The molecule has 0 saturated carbocycles. The molecule has 3 heterocycles. The molecule has 24 heavy (non-hydrogen) atoms. The lowest BCUT2D eigenvalue weighted by atomic mass is 9.98. The van der Waals surface area contributed by atoms with Crippen LogP contribution < -0.4 is 0 Å². The summed E-state index contributed by atoms with van der Waals surface area (Å²) in [4.78, 5) is 4.27. The molecule has 5 nitrogen and oxygen atoms in total. The van der Waals surface area contributed by atoms with Gasteiger partial charge in [0.05, 0.1) is 30.3 Å². The van der Waals surface area contributed by atoms with Gasteiger partial charge in [-0.15, -0.1) is 0 Å². The molecule has 0 radical (unpaired) electrons. The number of aryl methyl sites for hydroxylation is 2. The Bertz CT molecular complexity index is 1010. The van der Waals surface area contributed by atoms with Gasteiger partial charge < -0.3 is 14.0 Å². The molecule has 0 aliphatic carbocycles. The molecule has 120 valence electrons. The van der Waals surface area contributed by atoms with E-state index in [0.29, 0.717) is 0 Å². The van der Waals surface area contributed by atoms with E-state index in [4.69, 9.17) is 4.52 Å². The van der Waals surface area contributed by atoms with Crippen LogP contribution in [-0.4, -0.2) is 19.6 Å². The minimum Gasteiger partial charge on any atom is -0.392 e. The number of rotatable bonds is 3. The summed E-state index contributed by atoms with van der Waals surface area (Å²) < 4.78 is 7.35. The maximum absolute atomic E-state index is 9.39. The van der Waals surface area contributed by atoms with E-state index in [1.807, 2.05) is 54.9 Å². The van der Waals surface area contributed by atoms with Crippen LogP contribution >= 0.6 is 0 Å². The molecule has 0 unspecified atom stereocenters. The summed E-state index contributed by atoms with van der Waals surface area (Å²) in [6.45, 7) is 3.89. The van der Waals surface area contributed by atoms with Gasteiger partial charge in [-0.1, -0.05) is 23.4 Å². The van der Waals surface area contributed by atoms with Crippen molar-refractivity contribution < 1.29 is 9.63 Å². The molecule has 4 aromatic rings. The zero-order valence-electron chi connectivity index (χ0n) is 13.5. The third-order valence-electron chi connectivity index (χ3n) is 4.27. The van der Waals surface area contributed by atoms with E-state index in [-0.39, 0.29) is 6.61 Å². The highest BCUT2D eigenvalue weighted by molar-refractivity contribution is 5.86. The quantitative estimate of drug-likeness (QED) is 0.624. The first kappa shape index (κ1) is 14.7. The third kappa shape index (κ3) is 2.30. The van der Waals surface area contributed by atoms with Crippen LogP contribution in [0.15, 0.2) is 53.6 Å². The average Bonchev–Trinajstić information content (AvgIpc) is 3.21. The Morgan fingerprint density at radius 2 is 2.04 bits per heavy atom. The number of fused-ring (bicyclic) bond motifs is 1. The number of hydrogen-bond acceptors (Lipinski definition) is 4. The summed E-state index contributed by atoms with van der Waals surface area (Å²) in [6.07, 6.45) is 5.67. The first-order valence-electron chi connectivity index (χ1n) is 7.76. The summed E-state index contributed by atoms with van der Waals surface area (Å²) in [5.74, 6) is 0.789. The van der Waals surface area contributed by atoms with Crippen LogP contribution in [-0.2, 0) is 6.61 Å². The van der Waals surface area contributed by atoms with Crippen LogP contribution in [0.5, 0.6) is 0 Å². The smallest absolute Gasteiger partial charge is 0.141 e. The van der Waals surface area contributed by atoms with Crippen LogP contribution in [0.25, 0.3) is 27.8 Å². The van der Waals surface area contributed by atoms with Crippen LogP contribution in [0.3, 0.4) is 0 Å². The maximum Gasteiger partial charge on any atom is 0.141 e. The van der Waals surface area contributed by atoms with Crippen molar-refractivity contribution in [3.05, 3.63) is 66.1 Å². The van der Waals surface area contributed by atoms with Crippen LogP contribution in [0.1, 0.15) is 17.0 Å². The van der Waals surface area contributed by atoms with Crippen molar-refractivity contribution in [3.8, 4) is 22.3 Å². The van der Waals surface area contributed by atoms with Crippen molar-refractivity contribution in [1.82, 2.24) is 14.5 Å². The number of imidazole rings is 1. The topological polar surface area (TPSA) is 63.6 Å². The van der Waals surface area contributed by atoms with Gasteiger partial charge in [-0.25, -0.2) is 4.98 Å². The second-order valence-corrected chi connectivity index (χ2v) is 5.89. The van der Waals surface area contributed by atoms with Crippen LogP contribution in [0, 0.1) is 13.8 Å². The fourth-order valence-electron chi connectivity index (χ4n) is 3.11. The fraction of sp³-hybridized carbons (Fsp3) is 0.158. The predicted molar refractivity (Wildman–Crippen MR) is 91.5 cm³/mol. The molecule has 0 fully saturated rings. The summed E-state index contributed by atoms with van der Waals surface area (Å²) >= 11 is 0. The molecule has 0 spiro atoms.